The van der Waals surface area contributed by atoms with Crippen molar-refractivity contribution in [3.05, 3.63) is 0 Å². The minimum atomic E-state index is -1.99. The van der Waals surface area contributed by atoms with Crippen molar-refractivity contribution in [2.45, 2.75) is 43.0 Å². The predicted molar refractivity (Wildman–Crippen MR) is 66.6 cm³/mol. The summed E-state index contributed by atoms with van der Waals surface area (Å²) in [6, 6.07) is -0.937. The van der Waals surface area contributed by atoms with Gasteiger partial charge in [-0.05, 0) is 19.4 Å². The highest BCUT2D eigenvalue weighted by atomic mass is 16.6. The minimum absolute atomic E-state index is 0.166. The van der Waals surface area contributed by atoms with Gasteiger partial charge in [0.05, 0.1) is 13.2 Å². The molecule has 0 aromatic heterocycles. The second-order valence-electron chi connectivity index (χ2n) is 4.92. The molecule has 4 unspecified atom stereocenters. The van der Waals surface area contributed by atoms with E-state index < -0.39 is 36.1 Å². The Bertz CT molecular complexity index is 330. The Kier molecular flexibility index (Phi) is 6.27. The van der Waals surface area contributed by atoms with Gasteiger partial charge in [0.15, 0.2) is 0 Å². The molecule has 0 aliphatic carbocycles. The summed E-state index contributed by atoms with van der Waals surface area (Å²) in [5, 5.41) is 49.8. The van der Waals surface area contributed by atoms with Gasteiger partial charge in [-0.25, -0.2) is 0 Å². The van der Waals surface area contributed by atoms with Gasteiger partial charge in [-0.2, -0.15) is 0 Å². The Balaban J connectivity index is 2.29. The normalized spacial score (nSPS) is 35.8. The first-order chi connectivity index (χ1) is 9.28. The number of aliphatic carboxylic acids is 1. The van der Waals surface area contributed by atoms with Gasteiger partial charge in [-0.15, -0.1) is 0 Å². The van der Waals surface area contributed by atoms with Gasteiger partial charge in [0, 0.05) is 0 Å². The molecule has 0 aromatic rings. The number of hydrogen-bond acceptors (Lipinski definition) is 8. The Hall–Kier alpha value is -0.810. The average Bonchev–Trinajstić information content (AvgIpc) is 2.40. The zero-order chi connectivity index (χ0) is 15.3. The molecule has 1 fully saturated rings. The number of ether oxygens (including phenoxy) is 1. The molecule has 8 N–H and O–H groups in total. The zero-order valence-corrected chi connectivity index (χ0v) is 11.0. The molecular formula is C11H22N2O7. The fourth-order valence-electron chi connectivity index (χ4n) is 1.88. The third kappa shape index (κ3) is 4.35. The van der Waals surface area contributed by atoms with E-state index in [-0.39, 0.29) is 19.6 Å². The van der Waals surface area contributed by atoms with Crippen molar-refractivity contribution < 1.29 is 35.1 Å². The summed E-state index contributed by atoms with van der Waals surface area (Å²) in [5.74, 6) is -3.07. The lowest BCUT2D eigenvalue weighted by Gasteiger charge is -2.41. The van der Waals surface area contributed by atoms with Crippen LogP contribution in [0.25, 0.3) is 0 Å². The number of hydrogen-bond donors (Lipinski definition) is 7. The first-order valence-corrected chi connectivity index (χ1v) is 6.37. The van der Waals surface area contributed by atoms with E-state index in [4.69, 9.17) is 15.6 Å². The summed E-state index contributed by atoms with van der Waals surface area (Å²) in [7, 11) is 0. The van der Waals surface area contributed by atoms with Gasteiger partial charge in [-0.1, -0.05) is 0 Å². The Morgan fingerprint density at radius 3 is 2.70 bits per heavy atom. The van der Waals surface area contributed by atoms with E-state index in [0.717, 1.165) is 0 Å². The fraction of sp³-hybridized carbons (Fsp3) is 0.909. The molecule has 118 valence electrons. The number of aliphatic hydroxyl groups is 4. The Morgan fingerprint density at radius 2 is 2.10 bits per heavy atom. The fourth-order valence-corrected chi connectivity index (χ4v) is 1.88. The molecule has 1 aliphatic rings. The van der Waals surface area contributed by atoms with E-state index in [9.17, 15) is 25.2 Å². The second kappa shape index (κ2) is 7.27. The van der Waals surface area contributed by atoms with E-state index in [0.29, 0.717) is 13.0 Å². The Morgan fingerprint density at radius 1 is 1.45 bits per heavy atom. The summed E-state index contributed by atoms with van der Waals surface area (Å²) < 4.78 is 4.94. The molecule has 9 nitrogen and oxygen atoms in total. The lowest BCUT2D eigenvalue weighted by Crippen LogP contribution is -2.64. The third-order valence-electron chi connectivity index (χ3n) is 3.25. The van der Waals surface area contributed by atoms with E-state index in [2.05, 4.69) is 5.32 Å². The van der Waals surface area contributed by atoms with Crippen molar-refractivity contribution in [2.75, 3.05) is 19.7 Å². The third-order valence-corrected chi connectivity index (χ3v) is 3.25. The van der Waals surface area contributed by atoms with Crippen molar-refractivity contribution in [3.8, 4) is 0 Å². The van der Waals surface area contributed by atoms with Crippen LogP contribution in [0.4, 0.5) is 0 Å². The van der Waals surface area contributed by atoms with E-state index in [1.54, 1.807) is 0 Å². The van der Waals surface area contributed by atoms with Gasteiger partial charge < -0.3 is 41.3 Å². The highest BCUT2D eigenvalue weighted by Gasteiger charge is 2.47. The molecule has 9 heteroatoms. The SMILES string of the molecule is N[C@@H](CCCNCC1(O)OCC(O)C(O)C1O)C(=O)O. The number of aliphatic hydroxyl groups excluding tert-OH is 3. The van der Waals surface area contributed by atoms with Crippen LogP contribution in [-0.2, 0) is 9.53 Å². The molecule has 20 heavy (non-hydrogen) atoms. The molecule has 1 saturated heterocycles. The summed E-state index contributed by atoms with van der Waals surface area (Å²) >= 11 is 0. The second-order valence-corrected chi connectivity index (χ2v) is 4.92. The minimum Gasteiger partial charge on any atom is -0.480 e. The van der Waals surface area contributed by atoms with Crippen LogP contribution in [0.5, 0.6) is 0 Å². The molecule has 0 spiro atoms. The lowest BCUT2D eigenvalue weighted by atomic mass is 9.97. The van der Waals surface area contributed by atoms with Crippen molar-refractivity contribution >= 4 is 5.97 Å². The van der Waals surface area contributed by atoms with Crippen LogP contribution < -0.4 is 11.1 Å². The number of carboxylic acids is 1. The standard InChI is InChI=1S/C11H22N2O7/c12-6(10(17)18)2-1-3-13-5-11(19)9(16)8(15)7(14)4-20-11/h6-9,13-16,19H,1-5,12H2,(H,17,18)/t6-,7?,8?,9?,11?/m0/s1. The van der Waals surface area contributed by atoms with Gasteiger partial charge >= 0.3 is 5.97 Å². The van der Waals surface area contributed by atoms with Gasteiger partial charge in [0.2, 0.25) is 5.79 Å². The van der Waals surface area contributed by atoms with Crippen molar-refractivity contribution in [1.29, 1.82) is 0 Å². The molecule has 5 atom stereocenters. The molecule has 0 amide bonds. The van der Waals surface area contributed by atoms with Crippen LogP contribution in [-0.4, -0.2) is 81.3 Å². The predicted octanol–water partition coefficient (Wildman–Crippen LogP) is -3.43. The molecular weight excluding hydrogens is 272 g/mol. The summed E-state index contributed by atoms with van der Waals surface area (Å²) in [5.41, 5.74) is 5.32. The maximum Gasteiger partial charge on any atom is 0.320 e. The molecule has 0 radical (unpaired) electrons. The lowest BCUT2D eigenvalue weighted by molar-refractivity contribution is -0.317. The Labute approximate surface area is 116 Å². The smallest absolute Gasteiger partial charge is 0.320 e. The summed E-state index contributed by atoms with van der Waals surface area (Å²) in [6.45, 7) is -0.0986. The monoisotopic (exact) mass is 294 g/mol. The van der Waals surface area contributed by atoms with E-state index in [1.807, 2.05) is 0 Å². The molecule has 0 saturated carbocycles. The topological polar surface area (TPSA) is 166 Å². The van der Waals surface area contributed by atoms with Gasteiger partial charge in [-0.3, -0.25) is 4.79 Å². The maximum absolute atomic E-state index is 10.5. The van der Waals surface area contributed by atoms with Crippen LogP contribution in [0.1, 0.15) is 12.8 Å². The average molecular weight is 294 g/mol. The van der Waals surface area contributed by atoms with Crippen LogP contribution >= 0.6 is 0 Å². The number of carboxylic acid groups (broad SMARTS) is 1. The molecule has 1 heterocycles. The maximum atomic E-state index is 10.5. The van der Waals surface area contributed by atoms with Crippen molar-refractivity contribution in [2.24, 2.45) is 5.73 Å². The van der Waals surface area contributed by atoms with Crippen LogP contribution in [0.3, 0.4) is 0 Å². The number of nitrogens with two attached hydrogens (primary N) is 1. The number of carbonyl (C=O) groups is 1. The van der Waals surface area contributed by atoms with Crippen LogP contribution in [0, 0.1) is 0 Å². The first kappa shape index (κ1) is 17.2. The van der Waals surface area contributed by atoms with Crippen LogP contribution in [0.15, 0.2) is 0 Å². The highest BCUT2D eigenvalue weighted by Crippen LogP contribution is 2.23. The van der Waals surface area contributed by atoms with Gasteiger partial charge in [0.25, 0.3) is 0 Å². The van der Waals surface area contributed by atoms with Crippen LogP contribution in [0.2, 0.25) is 0 Å². The molecule has 0 aromatic carbocycles. The van der Waals surface area contributed by atoms with E-state index >= 15 is 0 Å². The molecule has 1 aliphatic heterocycles. The van der Waals surface area contributed by atoms with E-state index in [1.165, 1.54) is 0 Å². The quantitative estimate of drug-likeness (QED) is 0.236. The number of rotatable bonds is 7. The largest absolute Gasteiger partial charge is 0.480 e. The highest BCUT2D eigenvalue weighted by molar-refractivity contribution is 5.72. The van der Waals surface area contributed by atoms with Crippen molar-refractivity contribution in [1.82, 2.24) is 5.32 Å². The zero-order valence-electron chi connectivity index (χ0n) is 11.0. The van der Waals surface area contributed by atoms with Gasteiger partial charge in [0.1, 0.15) is 24.4 Å². The number of nitrogens with one attached hydrogen (secondary N) is 1. The summed E-state index contributed by atoms with van der Waals surface area (Å²) in [6.07, 6.45) is -3.65. The molecule has 0 bridgehead atoms. The van der Waals surface area contributed by atoms with Crippen molar-refractivity contribution in [3.63, 3.8) is 0 Å². The summed E-state index contributed by atoms with van der Waals surface area (Å²) in [4.78, 5) is 10.5. The first-order valence-electron chi connectivity index (χ1n) is 6.37. The molecule has 1 rings (SSSR count).